The van der Waals surface area contributed by atoms with Crippen molar-refractivity contribution >= 4 is 17.7 Å². The van der Waals surface area contributed by atoms with Crippen LogP contribution in [0.2, 0.25) is 0 Å². The number of carbonyl (C=O) groups excluding carboxylic acids is 3. The van der Waals surface area contributed by atoms with Gasteiger partial charge in [-0.1, -0.05) is 27.7 Å². The van der Waals surface area contributed by atoms with Crippen LogP contribution in [-0.2, 0) is 14.4 Å². The monoisotopic (exact) mass is 418 g/mol. The minimum Gasteiger partial charge on any atom is -0.356 e. The van der Waals surface area contributed by atoms with E-state index in [1.54, 1.807) is 0 Å². The molecule has 0 bridgehead atoms. The Bertz CT molecular complexity index is 653. The number of hydrogen-bond acceptors (Lipinski definition) is 4. The lowest BCUT2D eigenvalue weighted by molar-refractivity contribution is -0.174. The summed E-state index contributed by atoms with van der Waals surface area (Å²) in [6.07, 6.45) is -4.43. The van der Waals surface area contributed by atoms with Crippen LogP contribution in [0.25, 0.3) is 0 Å². The smallest absolute Gasteiger partial charge is 0.356 e. The van der Waals surface area contributed by atoms with Gasteiger partial charge in [-0.15, -0.1) is 0 Å². The molecule has 3 N–H and O–H groups in total. The van der Waals surface area contributed by atoms with E-state index < -0.39 is 47.8 Å². The molecule has 1 aliphatic heterocycles. The van der Waals surface area contributed by atoms with E-state index in [0.717, 1.165) is 6.92 Å². The maximum absolute atomic E-state index is 12.7. The van der Waals surface area contributed by atoms with Gasteiger partial charge in [0.05, 0.1) is 12.0 Å². The van der Waals surface area contributed by atoms with Gasteiger partial charge in [-0.05, 0) is 24.7 Å². The standard InChI is InChI=1S/C19H29F3N4O3/c1-11(19(20,21)22)7-15(27)26-14(9-18(2,3)4)17(29)25-13(10-23)8-12-5-6-24-16(12)28/h11-14H,5-9H2,1-4H3,(H,24,28)(H,25,29)(H,26,27)/t11?,12-,13-,14-/m0/s1. The highest BCUT2D eigenvalue weighted by atomic mass is 19.4. The van der Waals surface area contributed by atoms with Crippen LogP contribution >= 0.6 is 0 Å². The van der Waals surface area contributed by atoms with E-state index in [4.69, 9.17) is 0 Å². The molecule has 0 aromatic rings. The first-order valence-corrected chi connectivity index (χ1v) is 9.56. The molecule has 1 fully saturated rings. The van der Waals surface area contributed by atoms with Crippen molar-refractivity contribution in [1.29, 1.82) is 5.26 Å². The third-order valence-electron chi connectivity index (χ3n) is 4.67. The van der Waals surface area contributed by atoms with Gasteiger partial charge < -0.3 is 16.0 Å². The third-order valence-corrected chi connectivity index (χ3v) is 4.67. The summed E-state index contributed by atoms with van der Waals surface area (Å²) in [5, 5.41) is 16.8. The maximum atomic E-state index is 12.7. The third kappa shape index (κ3) is 8.71. The summed E-state index contributed by atoms with van der Waals surface area (Å²) in [5.41, 5.74) is -0.404. The maximum Gasteiger partial charge on any atom is 0.392 e. The number of hydrogen-bond donors (Lipinski definition) is 3. The van der Waals surface area contributed by atoms with E-state index in [-0.39, 0.29) is 24.7 Å². The minimum absolute atomic E-state index is 0.134. The van der Waals surface area contributed by atoms with E-state index >= 15 is 0 Å². The zero-order valence-electron chi connectivity index (χ0n) is 17.2. The molecule has 4 atom stereocenters. The molecule has 7 nitrogen and oxygen atoms in total. The van der Waals surface area contributed by atoms with Gasteiger partial charge in [-0.2, -0.15) is 18.4 Å². The SMILES string of the molecule is CC(CC(=O)N[C@@H](CC(C)(C)C)C(=O)N[C@H](C#N)C[C@@H]1CCNC1=O)C(F)(F)F. The second kappa shape index (κ2) is 9.94. The molecule has 0 aromatic carbocycles. The number of amides is 3. The summed E-state index contributed by atoms with van der Waals surface area (Å²) in [6.45, 7) is 6.87. The van der Waals surface area contributed by atoms with Crippen LogP contribution in [0.3, 0.4) is 0 Å². The van der Waals surface area contributed by atoms with E-state index in [2.05, 4.69) is 16.0 Å². The first-order valence-electron chi connectivity index (χ1n) is 9.56. The van der Waals surface area contributed by atoms with Gasteiger partial charge in [0.25, 0.3) is 0 Å². The summed E-state index contributed by atoms with van der Waals surface area (Å²) in [7, 11) is 0. The largest absolute Gasteiger partial charge is 0.392 e. The Morgan fingerprint density at radius 3 is 2.34 bits per heavy atom. The summed E-state index contributed by atoms with van der Waals surface area (Å²) in [6, 6.07) is -0.0967. The number of nitrogens with one attached hydrogen (secondary N) is 3. The lowest BCUT2D eigenvalue weighted by atomic mass is 9.87. The topological polar surface area (TPSA) is 111 Å². The van der Waals surface area contributed by atoms with Crippen molar-refractivity contribution in [3.63, 3.8) is 0 Å². The van der Waals surface area contributed by atoms with Crippen LogP contribution in [0.15, 0.2) is 0 Å². The van der Waals surface area contributed by atoms with Crippen LogP contribution in [0.5, 0.6) is 0 Å². The average Bonchev–Trinajstić information content (AvgIpc) is 2.96. The molecule has 0 radical (unpaired) electrons. The highest BCUT2D eigenvalue weighted by Gasteiger charge is 2.38. The zero-order chi connectivity index (χ0) is 22.4. The van der Waals surface area contributed by atoms with Crippen LogP contribution in [0.4, 0.5) is 13.2 Å². The Morgan fingerprint density at radius 2 is 1.90 bits per heavy atom. The molecule has 0 aromatic heterocycles. The molecule has 3 amide bonds. The van der Waals surface area contributed by atoms with Crippen LogP contribution in [-0.4, -0.2) is 42.5 Å². The average molecular weight is 418 g/mol. The van der Waals surface area contributed by atoms with E-state index in [0.29, 0.717) is 13.0 Å². The Balaban J connectivity index is 2.79. The fourth-order valence-corrected chi connectivity index (χ4v) is 3.04. The first-order chi connectivity index (χ1) is 13.2. The predicted octanol–water partition coefficient (Wildman–Crippen LogP) is 2.03. The van der Waals surface area contributed by atoms with Crippen LogP contribution in [0.1, 0.15) is 53.4 Å². The molecule has 0 spiro atoms. The van der Waals surface area contributed by atoms with Gasteiger partial charge in [-0.25, -0.2) is 0 Å². The van der Waals surface area contributed by atoms with Gasteiger partial charge in [0.1, 0.15) is 12.1 Å². The Kier molecular flexibility index (Phi) is 8.48. The van der Waals surface area contributed by atoms with Gasteiger partial charge >= 0.3 is 6.18 Å². The van der Waals surface area contributed by atoms with Gasteiger partial charge in [-0.3, -0.25) is 14.4 Å². The second-order valence-electron chi connectivity index (χ2n) is 8.73. The van der Waals surface area contributed by atoms with Crippen molar-refractivity contribution in [3.05, 3.63) is 0 Å². The molecule has 29 heavy (non-hydrogen) atoms. The van der Waals surface area contributed by atoms with Gasteiger partial charge in [0.2, 0.25) is 17.7 Å². The molecule has 0 aliphatic carbocycles. The van der Waals surface area contributed by atoms with Crippen molar-refractivity contribution < 1.29 is 27.6 Å². The van der Waals surface area contributed by atoms with Crippen molar-refractivity contribution in [1.82, 2.24) is 16.0 Å². The Morgan fingerprint density at radius 1 is 1.28 bits per heavy atom. The van der Waals surface area contributed by atoms with Crippen molar-refractivity contribution in [2.75, 3.05) is 6.54 Å². The fourth-order valence-electron chi connectivity index (χ4n) is 3.04. The molecule has 1 saturated heterocycles. The number of nitrogens with zero attached hydrogens (tertiary/aromatic N) is 1. The molecule has 1 unspecified atom stereocenters. The second-order valence-corrected chi connectivity index (χ2v) is 8.73. The number of alkyl halides is 3. The number of carbonyl (C=O) groups is 3. The highest BCUT2D eigenvalue weighted by Crippen LogP contribution is 2.28. The molecule has 1 heterocycles. The lowest BCUT2D eigenvalue weighted by Gasteiger charge is -2.27. The van der Waals surface area contributed by atoms with Gasteiger partial charge in [0, 0.05) is 18.9 Å². The van der Waals surface area contributed by atoms with E-state index in [1.807, 2.05) is 26.8 Å². The lowest BCUT2D eigenvalue weighted by Crippen LogP contribution is -2.51. The molecule has 10 heteroatoms. The number of rotatable bonds is 8. The predicted molar refractivity (Wildman–Crippen MR) is 99.1 cm³/mol. The zero-order valence-corrected chi connectivity index (χ0v) is 17.2. The Hall–Kier alpha value is -2.31. The molecule has 1 aliphatic rings. The molecule has 164 valence electrons. The fraction of sp³-hybridized carbons (Fsp3) is 0.789. The van der Waals surface area contributed by atoms with E-state index in [9.17, 15) is 32.8 Å². The summed E-state index contributed by atoms with van der Waals surface area (Å²) < 4.78 is 38.1. The molecular weight excluding hydrogens is 389 g/mol. The quantitative estimate of drug-likeness (QED) is 0.560. The van der Waals surface area contributed by atoms with Gasteiger partial charge in [0.15, 0.2) is 0 Å². The minimum atomic E-state index is -4.51. The summed E-state index contributed by atoms with van der Waals surface area (Å²) in [4.78, 5) is 36.4. The van der Waals surface area contributed by atoms with Crippen LogP contribution < -0.4 is 16.0 Å². The first kappa shape index (κ1) is 24.7. The molecule has 1 rings (SSSR count). The Labute approximate surface area is 168 Å². The normalized spacial score (nSPS) is 20.2. The van der Waals surface area contributed by atoms with Crippen molar-refractivity contribution in [2.24, 2.45) is 17.3 Å². The van der Waals surface area contributed by atoms with E-state index in [1.165, 1.54) is 0 Å². The molecular formula is C19H29F3N4O3. The molecule has 0 saturated carbocycles. The summed E-state index contributed by atoms with van der Waals surface area (Å²) in [5.74, 6) is -3.95. The summed E-state index contributed by atoms with van der Waals surface area (Å²) >= 11 is 0. The van der Waals surface area contributed by atoms with Crippen molar-refractivity contribution in [3.8, 4) is 6.07 Å². The van der Waals surface area contributed by atoms with Crippen molar-refractivity contribution in [2.45, 2.75) is 71.6 Å². The number of nitriles is 1. The van der Waals surface area contributed by atoms with Crippen LogP contribution in [0, 0.1) is 28.6 Å². The number of halogens is 3. The highest BCUT2D eigenvalue weighted by molar-refractivity contribution is 5.88.